The summed E-state index contributed by atoms with van der Waals surface area (Å²) in [6, 6.07) is 3.78. The van der Waals surface area contributed by atoms with Gasteiger partial charge in [0.15, 0.2) is 0 Å². The Morgan fingerprint density at radius 1 is 1.24 bits per heavy atom. The molecule has 1 aromatic carbocycles. The number of carbonyl (C=O) groups excluding carboxylic acids is 1. The zero-order valence-electron chi connectivity index (χ0n) is 15.3. The van der Waals surface area contributed by atoms with E-state index in [1.807, 2.05) is 20.8 Å². The van der Waals surface area contributed by atoms with Gasteiger partial charge in [-0.05, 0) is 56.4 Å². The first-order chi connectivity index (χ1) is 11.6. The highest BCUT2D eigenvalue weighted by molar-refractivity contribution is 7.89. The predicted molar refractivity (Wildman–Crippen MR) is 95.1 cm³/mol. The summed E-state index contributed by atoms with van der Waals surface area (Å²) in [6.45, 7) is 8.25. The van der Waals surface area contributed by atoms with Crippen LogP contribution in [-0.2, 0) is 14.8 Å². The summed E-state index contributed by atoms with van der Waals surface area (Å²) in [5, 5.41) is 3.00. The Morgan fingerprint density at radius 3 is 2.36 bits per heavy atom. The van der Waals surface area contributed by atoms with Crippen molar-refractivity contribution < 1.29 is 17.6 Å². The normalized spacial score (nSPS) is 18.3. The van der Waals surface area contributed by atoms with Gasteiger partial charge in [-0.25, -0.2) is 12.8 Å². The quantitative estimate of drug-likeness (QED) is 0.867. The first-order valence-corrected chi connectivity index (χ1v) is 10.1. The molecule has 7 heteroatoms. The van der Waals surface area contributed by atoms with Crippen LogP contribution >= 0.6 is 0 Å². The number of amides is 1. The molecule has 25 heavy (non-hydrogen) atoms. The summed E-state index contributed by atoms with van der Waals surface area (Å²) in [7, 11) is -3.66. The third-order valence-corrected chi connectivity index (χ3v) is 7.01. The third-order valence-electron chi connectivity index (χ3n) is 4.95. The number of nitrogens with one attached hydrogen (secondary N) is 1. The molecule has 1 heterocycles. The topological polar surface area (TPSA) is 66.5 Å². The molecule has 1 aliphatic rings. The van der Waals surface area contributed by atoms with E-state index in [4.69, 9.17) is 0 Å². The minimum atomic E-state index is -3.66. The Morgan fingerprint density at radius 2 is 1.84 bits per heavy atom. The molecule has 0 unspecified atom stereocenters. The van der Waals surface area contributed by atoms with Gasteiger partial charge in [0, 0.05) is 25.0 Å². The number of carbonyl (C=O) groups is 1. The second-order valence-corrected chi connectivity index (χ2v) is 9.04. The lowest BCUT2D eigenvalue weighted by atomic mass is 9.96. The summed E-state index contributed by atoms with van der Waals surface area (Å²) in [4.78, 5) is 12.4. The number of nitrogens with zero attached hydrogens (tertiary/aromatic N) is 1. The molecule has 5 nitrogen and oxygen atoms in total. The number of hydrogen-bond acceptors (Lipinski definition) is 3. The maximum atomic E-state index is 13.2. The van der Waals surface area contributed by atoms with E-state index in [1.165, 1.54) is 16.4 Å². The smallest absolute Gasteiger partial charge is 0.243 e. The molecular formula is C18H27FN2O3S. The van der Waals surface area contributed by atoms with Crippen LogP contribution < -0.4 is 5.32 Å². The van der Waals surface area contributed by atoms with Crippen molar-refractivity contribution in [1.82, 2.24) is 9.62 Å². The highest BCUT2D eigenvalue weighted by Crippen LogP contribution is 2.26. The highest BCUT2D eigenvalue weighted by Gasteiger charge is 2.33. The Balaban J connectivity index is 2.02. The predicted octanol–water partition coefficient (Wildman–Crippen LogP) is 2.70. The Kier molecular flexibility index (Phi) is 6.21. The molecule has 0 aliphatic carbocycles. The third kappa shape index (κ3) is 4.58. The summed E-state index contributed by atoms with van der Waals surface area (Å²) < 4.78 is 40.1. The SMILES string of the molecule is Cc1cc(F)ccc1S(=O)(=O)N1CCC(C(=O)N[C@@H](C)C(C)C)CC1. The summed E-state index contributed by atoms with van der Waals surface area (Å²) in [6.07, 6.45) is 0.992. The van der Waals surface area contributed by atoms with Crippen molar-refractivity contribution in [2.45, 2.75) is 51.5 Å². The van der Waals surface area contributed by atoms with Crippen LogP contribution in [0.15, 0.2) is 23.1 Å². The number of rotatable bonds is 5. The standard InChI is InChI=1S/C18H27FN2O3S/c1-12(2)14(4)20-18(22)15-7-9-21(10-8-15)25(23,24)17-6-5-16(19)11-13(17)3/h5-6,11-12,14-15H,7-10H2,1-4H3,(H,20,22)/t14-/m0/s1. The lowest BCUT2D eigenvalue weighted by Crippen LogP contribution is -2.45. The highest BCUT2D eigenvalue weighted by atomic mass is 32.2. The molecule has 0 spiro atoms. The molecule has 1 aliphatic heterocycles. The number of benzene rings is 1. The van der Waals surface area contributed by atoms with Gasteiger partial charge in [0.2, 0.25) is 15.9 Å². The minimum absolute atomic E-state index is 0.00351. The molecule has 0 radical (unpaired) electrons. The van der Waals surface area contributed by atoms with Crippen LogP contribution in [0.4, 0.5) is 4.39 Å². The van der Waals surface area contributed by atoms with Crippen molar-refractivity contribution in [2.75, 3.05) is 13.1 Å². The van der Waals surface area contributed by atoms with E-state index in [2.05, 4.69) is 5.32 Å². The fourth-order valence-electron chi connectivity index (χ4n) is 2.91. The van der Waals surface area contributed by atoms with Crippen molar-refractivity contribution >= 4 is 15.9 Å². The second-order valence-electron chi connectivity index (χ2n) is 7.13. The van der Waals surface area contributed by atoms with Crippen LogP contribution in [0.25, 0.3) is 0 Å². The largest absolute Gasteiger partial charge is 0.353 e. The van der Waals surface area contributed by atoms with Gasteiger partial charge in [0.1, 0.15) is 5.82 Å². The Hall–Kier alpha value is -1.47. The average Bonchev–Trinajstić information content (AvgIpc) is 2.54. The first-order valence-electron chi connectivity index (χ1n) is 8.69. The maximum Gasteiger partial charge on any atom is 0.243 e. The molecule has 0 bridgehead atoms. The maximum absolute atomic E-state index is 13.2. The van der Waals surface area contributed by atoms with Gasteiger partial charge in [-0.3, -0.25) is 4.79 Å². The van der Waals surface area contributed by atoms with E-state index >= 15 is 0 Å². The average molecular weight is 370 g/mol. The molecule has 1 N–H and O–H groups in total. The van der Waals surface area contributed by atoms with E-state index in [1.54, 1.807) is 6.92 Å². The van der Waals surface area contributed by atoms with Crippen LogP contribution in [-0.4, -0.2) is 37.8 Å². The molecular weight excluding hydrogens is 343 g/mol. The molecule has 1 fully saturated rings. The van der Waals surface area contributed by atoms with Gasteiger partial charge in [0.25, 0.3) is 0 Å². The fraction of sp³-hybridized carbons (Fsp3) is 0.611. The monoisotopic (exact) mass is 370 g/mol. The summed E-state index contributed by atoms with van der Waals surface area (Å²) >= 11 is 0. The molecule has 1 saturated heterocycles. The van der Waals surface area contributed by atoms with Crippen molar-refractivity contribution in [3.05, 3.63) is 29.6 Å². The second kappa shape index (κ2) is 7.83. The van der Waals surface area contributed by atoms with Crippen LogP contribution in [0, 0.1) is 24.6 Å². The van der Waals surface area contributed by atoms with Gasteiger partial charge in [-0.1, -0.05) is 13.8 Å². The number of halogens is 1. The zero-order valence-corrected chi connectivity index (χ0v) is 16.1. The summed E-state index contributed by atoms with van der Waals surface area (Å²) in [5.74, 6) is -0.268. The number of piperidine rings is 1. The van der Waals surface area contributed by atoms with Crippen molar-refractivity contribution in [1.29, 1.82) is 0 Å². The van der Waals surface area contributed by atoms with E-state index in [9.17, 15) is 17.6 Å². The molecule has 140 valence electrons. The molecule has 1 aromatic rings. The first kappa shape index (κ1) is 19.8. The minimum Gasteiger partial charge on any atom is -0.353 e. The van der Waals surface area contributed by atoms with Crippen LogP contribution in [0.2, 0.25) is 0 Å². The molecule has 0 aromatic heterocycles. The molecule has 1 amide bonds. The van der Waals surface area contributed by atoms with Crippen molar-refractivity contribution in [3.63, 3.8) is 0 Å². The summed E-state index contributed by atoms with van der Waals surface area (Å²) in [5.41, 5.74) is 0.394. The lowest BCUT2D eigenvalue weighted by Gasteiger charge is -2.31. The van der Waals surface area contributed by atoms with E-state index < -0.39 is 15.8 Å². The Labute approximate surface area is 149 Å². The number of hydrogen-bond donors (Lipinski definition) is 1. The van der Waals surface area contributed by atoms with Crippen LogP contribution in [0.1, 0.15) is 39.2 Å². The lowest BCUT2D eigenvalue weighted by molar-refractivity contribution is -0.127. The zero-order chi connectivity index (χ0) is 18.8. The molecule has 0 saturated carbocycles. The van der Waals surface area contributed by atoms with Gasteiger partial charge in [-0.15, -0.1) is 0 Å². The van der Waals surface area contributed by atoms with Crippen molar-refractivity contribution in [2.24, 2.45) is 11.8 Å². The molecule has 2 rings (SSSR count). The molecule has 1 atom stereocenters. The van der Waals surface area contributed by atoms with E-state index in [-0.39, 0.29) is 22.8 Å². The van der Waals surface area contributed by atoms with Crippen LogP contribution in [0.5, 0.6) is 0 Å². The van der Waals surface area contributed by atoms with Crippen LogP contribution in [0.3, 0.4) is 0 Å². The number of sulfonamides is 1. The number of aryl methyl sites for hydroxylation is 1. The van der Waals surface area contributed by atoms with Crippen molar-refractivity contribution in [3.8, 4) is 0 Å². The van der Waals surface area contributed by atoms with Gasteiger partial charge < -0.3 is 5.32 Å². The van der Waals surface area contributed by atoms with Gasteiger partial charge in [-0.2, -0.15) is 4.31 Å². The fourth-order valence-corrected chi connectivity index (χ4v) is 4.58. The Bertz CT molecular complexity index is 726. The van der Waals surface area contributed by atoms with E-state index in [0.29, 0.717) is 37.4 Å². The van der Waals surface area contributed by atoms with Gasteiger partial charge in [0.05, 0.1) is 4.90 Å². The van der Waals surface area contributed by atoms with Gasteiger partial charge >= 0.3 is 0 Å². The van der Waals surface area contributed by atoms with E-state index in [0.717, 1.165) is 6.07 Å².